The molecule has 2 amide bonds. The van der Waals surface area contributed by atoms with E-state index in [4.69, 9.17) is 9.47 Å². The van der Waals surface area contributed by atoms with Crippen LogP contribution in [0.15, 0.2) is 23.8 Å². The number of nitrogens with zero attached hydrogens (tertiary/aromatic N) is 1. The van der Waals surface area contributed by atoms with Crippen LogP contribution in [0.5, 0.6) is 11.5 Å². The standard InChI is InChI=1S/C29H41IN2O7/c1-3-4-5-6-7-8-26(35)32(17-19-9-10-19)23-15-21(29(37)31-11-12-33)16-24(27(23)36)39-28-22(30)13-20(18-34)14-25(28)38-2/h13-14,16,18-19,23-24,27,33,36H,3-12,15,17H2,1-2H3,(H,31,37). The van der Waals surface area contributed by atoms with Gasteiger partial charge in [0.15, 0.2) is 11.5 Å². The smallest absolute Gasteiger partial charge is 0.247 e. The van der Waals surface area contributed by atoms with E-state index in [1.807, 2.05) is 22.6 Å². The molecule has 0 bridgehead atoms. The molecule has 10 heteroatoms. The van der Waals surface area contributed by atoms with Gasteiger partial charge >= 0.3 is 0 Å². The fraction of sp³-hybridized carbons (Fsp3) is 0.621. The molecule has 9 nitrogen and oxygen atoms in total. The van der Waals surface area contributed by atoms with Crippen LogP contribution in [0.4, 0.5) is 0 Å². The van der Waals surface area contributed by atoms with Crippen molar-refractivity contribution in [3.63, 3.8) is 0 Å². The summed E-state index contributed by atoms with van der Waals surface area (Å²) in [6.45, 7) is 2.59. The monoisotopic (exact) mass is 656 g/mol. The zero-order valence-electron chi connectivity index (χ0n) is 22.9. The van der Waals surface area contributed by atoms with Gasteiger partial charge in [0.05, 0.1) is 23.3 Å². The number of benzene rings is 1. The lowest BCUT2D eigenvalue weighted by Crippen LogP contribution is -2.55. The predicted octanol–water partition coefficient (Wildman–Crippen LogP) is 3.63. The molecule has 0 heterocycles. The Balaban J connectivity index is 1.89. The molecule has 3 atom stereocenters. The molecular weight excluding hydrogens is 615 g/mol. The molecule has 1 aromatic carbocycles. The first-order valence-electron chi connectivity index (χ1n) is 13.9. The van der Waals surface area contributed by atoms with Gasteiger partial charge in [0.1, 0.15) is 18.5 Å². The number of hydrogen-bond acceptors (Lipinski definition) is 7. The molecule has 1 aromatic rings. The van der Waals surface area contributed by atoms with Crippen LogP contribution in [0.1, 0.15) is 75.1 Å². The van der Waals surface area contributed by atoms with Crippen molar-refractivity contribution in [2.45, 2.75) is 83.0 Å². The number of aldehydes is 1. The fourth-order valence-electron chi connectivity index (χ4n) is 4.86. The highest BCUT2D eigenvalue weighted by Gasteiger charge is 2.42. The van der Waals surface area contributed by atoms with Gasteiger partial charge in [-0.1, -0.05) is 32.6 Å². The molecule has 2 aliphatic rings. The molecule has 216 valence electrons. The number of carbonyl (C=O) groups excluding carboxylic acids is 3. The summed E-state index contributed by atoms with van der Waals surface area (Å²) in [6, 6.07) is 2.56. The number of hydrogen-bond donors (Lipinski definition) is 3. The molecule has 39 heavy (non-hydrogen) atoms. The summed E-state index contributed by atoms with van der Waals surface area (Å²) in [5.74, 6) is 0.688. The molecule has 3 unspecified atom stereocenters. The van der Waals surface area contributed by atoms with E-state index in [1.54, 1.807) is 23.1 Å². The number of unbranched alkanes of at least 4 members (excludes halogenated alkanes) is 4. The minimum Gasteiger partial charge on any atom is -0.493 e. The van der Waals surface area contributed by atoms with Gasteiger partial charge in [-0.3, -0.25) is 14.4 Å². The SMILES string of the molecule is CCCCCCCC(=O)N(CC1CC1)C1CC(C(=O)NCCO)=CC(Oc2c(I)cc(C=O)cc2OC)C1O. The van der Waals surface area contributed by atoms with E-state index in [-0.39, 0.29) is 31.4 Å². The topological polar surface area (TPSA) is 125 Å². The predicted molar refractivity (Wildman–Crippen MR) is 156 cm³/mol. The number of halogens is 1. The summed E-state index contributed by atoms with van der Waals surface area (Å²) in [5, 5.41) is 23.5. The lowest BCUT2D eigenvalue weighted by atomic mass is 9.87. The Morgan fingerprint density at radius 2 is 1.95 bits per heavy atom. The Labute approximate surface area is 244 Å². The van der Waals surface area contributed by atoms with Gasteiger partial charge in [-0.15, -0.1) is 0 Å². The third kappa shape index (κ3) is 8.91. The van der Waals surface area contributed by atoms with E-state index in [9.17, 15) is 24.6 Å². The minimum atomic E-state index is -1.09. The van der Waals surface area contributed by atoms with Gasteiger partial charge in [-0.2, -0.15) is 0 Å². The van der Waals surface area contributed by atoms with Crippen molar-refractivity contribution in [3.8, 4) is 11.5 Å². The van der Waals surface area contributed by atoms with Crippen LogP contribution in [-0.2, 0) is 9.59 Å². The first-order valence-corrected chi connectivity index (χ1v) is 15.0. The van der Waals surface area contributed by atoms with Crippen molar-refractivity contribution in [3.05, 3.63) is 32.9 Å². The second-order valence-electron chi connectivity index (χ2n) is 10.3. The third-order valence-corrected chi connectivity index (χ3v) is 8.02. The average molecular weight is 657 g/mol. The Morgan fingerprint density at radius 3 is 2.59 bits per heavy atom. The second-order valence-corrected chi connectivity index (χ2v) is 11.5. The fourth-order valence-corrected chi connectivity index (χ4v) is 5.61. The van der Waals surface area contributed by atoms with E-state index in [1.165, 1.54) is 7.11 Å². The van der Waals surface area contributed by atoms with Crippen molar-refractivity contribution in [1.82, 2.24) is 10.2 Å². The number of carbonyl (C=O) groups is 3. The maximum atomic E-state index is 13.5. The number of methoxy groups -OCH3 is 1. The summed E-state index contributed by atoms with van der Waals surface area (Å²) in [7, 11) is 1.47. The Bertz CT molecular complexity index is 1030. The summed E-state index contributed by atoms with van der Waals surface area (Å²) in [5.41, 5.74) is 0.809. The van der Waals surface area contributed by atoms with Crippen molar-refractivity contribution >= 4 is 40.7 Å². The van der Waals surface area contributed by atoms with Crippen LogP contribution in [-0.4, -0.2) is 78.3 Å². The van der Waals surface area contributed by atoms with Crippen LogP contribution in [0, 0.1) is 9.49 Å². The summed E-state index contributed by atoms with van der Waals surface area (Å²) >= 11 is 2.04. The molecule has 0 radical (unpaired) electrons. The molecule has 2 aliphatic carbocycles. The van der Waals surface area contributed by atoms with Crippen molar-refractivity contribution < 1.29 is 34.1 Å². The zero-order valence-corrected chi connectivity index (χ0v) is 25.0. The van der Waals surface area contributed by atoms with Gasteiger partial charge in [-0.25, -0.2) is 0 Å². The molecule has 0 saturated heterocycles. The van der Waals surface area contributed by atoms with Crippen LogP contribution in [0.3, 0.4) is 0 Å². The Morgan fingerprint density at radius 1 is 1.21 bits per heavy atom. The van der Waals surface area contributed by atoms with Crippen LogP contribution >= 0.6 is 22.6 Å². The van der Waals surface area contributed by atoms with Gasteiger partial charge in [0, 0.05) is 37.1 Å². The van der Waals surface area contributed by atoms with E-state index >= 15 is 0 Å². The minimum absolute atomic E-state index is 0.0132. The van der Waals surface area contributed by atoms with Crippen LogP contribution in [0.2, 0.25) is 0 Å². The summed E-state index contributed by atoms with van der Waals surface area (Å²) in [6.07, 6.45) is 8.09. The van der Waals surface area contributed by atoms with Gasteiger partial charge < -0.3 is 29.9 Å². The molecule has 0 spiro atoms. The largest absolute Gasteiger partial charge is 0.493 e. The zero-order chi connectivity index (χ0) is 28.4. The lowest BCUT2D eigenvalue weighted by molar-refractivity contribution is -0.139. The quantitative estimate of drug-likeness (QED) is 0.141. The third-order valence-electron chi connectivity index (χ3n) is 7.22. The maximum Gasteiger partial charge on any atom is 0.247 e. The van der Waals surface area contributed by atoms with Gasteiger partial charge in [0.25, 0.3) is 0 Å². The molecule has 1 saturated carbocycles. The number of aliphatic hydroxyl groups is 2. The average Bonchev–Trinajstić information content (AvgIpc) is 3.76. The normalized spacial score (nSPS) is 20.6. The molecule has 0 aliphatic heterocycles. The summed E-state index contributed by atoms with van der Waals surface area (Å²) in [4.78, 5) is 39.6. The van der Waals surface area contributed by atoms with Gasteiger partial charge in [0.2, 0.25) is 11.8 Å². The van der Waals surface area contributed by atoms with Gasteiger partial charge in [-0.05, 0) is 66.0 Å². The maximum absolute atomic E-state index is 13.5. The Hall–Kier alpha value is -2.18. The number of nitrogens with one attached hydrogen (secondary N) is 1. The first-order chi connectivity index (χ1) is 18.8. The molecular formula is C29H41IN2O7. The lowest BCUT2D eigenvalue weighted by Gasteiger charge is -2.41. The molecule has 1 fully saturated rings. The number of amides is 2. The van der Waals surface area contributed by atoms with Crippen molar-refractivity contribution in [1.29, 1.82) is 0 Å². The molecule has 0 aromatic heterocycles. The highest BCUT2D eigenvalue weighted by Crippen LogP contribution is 2.38. The highest BCUT2D eigenvalue weighted by atomic mass is 127. The first kappa shape index (κ1) is 31.3. The number of rotatable bonds is 16. The van der Waals surface area contributed by atoms with Crippen LogP contribution < -0.4 is 14.8 Å². The highest BCUT2D eigenvalue weighted by molar-refractivity contribution is 14.1. The van der Waals surface area contributed by atoms with Crippen LogP contribution in [0.25, 0.3) is 0 Å². The van der Waals surface area contributed by atoms with Crippen molar-refractivity contribution in [2.75, 3.05) is 26.8 Å². The van der Waals surface area contributed by atoms with Crippen molar-refractivity contribution in [2.24, 2.45) is 5.92 Å². The number of ether oxygens (including phenoxy) is 2. The molecule has 3 rings (SSSR count). The van der Waals surface area contributed by atoms with E-state index in [0.29, 0.717) is 51.4 Å². The second kappa shape index (κ2) is 15.6. The van der Waals surface area contributed by atoms with E-state index in [0.717, 1.165) is 44.9 Å². The Kier molecular flexibility index (Phi) is 12.5. The summed E-state index contributed by atoms with van der Waals surface area (Å²) < 4.78 is 12.3. The van der Waals surface area contributed by atoms with E-state index in [2.05, 4.69) is 12.2 Å². The van der Waals surface area contributed by atoms with E-state index < -0.39 is 18.2 Å². The number of aliphatic hydroxyl groups excluding tert-OH is 2. The molecule has 3 N–H and O–H groups in total.